The molecule has 3 aromatic rings. The SMILES string of the molecule is CC(=O)n1c(O)c(C(=NC2CCC(CN3CCN(C)CC3)CC2)c2ccccc2)c2ccc([N+](=O)[O-])cc21. The van der Waals surface area contributed by atoms with Crippen LogP contribution in [0.5, 0.6) is 5.88 Å². The third kappa shape index (κ3) is 5.35. The molecule has 1 saturated heterocycles. The Bertz CT molecular complexity index is 1350. The van der Waals surface area contributed by atoms with E-state index in [1.807, 2.05) is 30.3 Å². The molecule has 9 heteroatoms. The van der Waals surface area contributed by atoms with Gasteiger partial charge in [-0.15, -0.1) is 0 Å². The highest BCUT2D eigenvalue weighted by molar-refractivity contribution is 6.22. The fraction of sp³-hybridized carbons (Fsp3) is 0.448. The molecule has 2 fully saturated rings. The number of likely N-dealkylation sites (N-methyl/N-ethyl adjacent to an activating group) is 1. The van der Waals surface area contributed by atoms with E-state index in [2.05, 4.69) is 16.8 Å². The van der Waals surface area contributed by atoms with E-state index in [9.17, 15) is 20.0 Å². The maximum Gasteiger partial charge on any atom is 0.271 e. The zero-order chi connectivity index (χ0) is 26.8. The number of aromatic nitrogens is 1. The van der Waals surface area contributed by atoms with Gasteiger partial charge in [-0.25, -0.2) is 4.57 Å². The van der Waals surface area contributed by atoms with Crippen molar-refractivity contribution in [2.75, 3.05) is 39.8 Å². The number of carbonyl (C=O) groups is 1. The Balaban J connectivity index is 1.47. The van der Waals surface area contributed by atoms with Crippen molar-refractivity contribution in [3.8, 4) is 5.88 Å². The van der Waals surface area contributed by atoms with Crippen LogP contribution in [-0.2, 0) is 0 Å². The lowest BCUT2D eigenvalue weighted by molar-refractivity contribution is -0.384. The number of carbonyl (C=O) groups excluding carboxylic acids is 1. The van der Waals surface area contributed by atoms with Gasteiger partial charge in [0, 0.05) is 62.7 Å². The molecular weight excluding hydrogens is 482 g/mol. The Labute approximate surface area is 222 Å². The van der Waals surface area contributed by atoms with Crippen LogP contribution in [0.4, 0.5) is 5.69 Å². The van der Waals surface area contributed by atoms with Crippen molar-refractivity contribution in [1.29, 1.82) is 0 Å². The molecule has 0 spiro atoms. The quantitative estimate of drug-likeness (QED) is 0.292. The first-order chi connectivity index (χ1) is 18.3. The molecule has 0 bridgehead atoms. The van der Waals surface area contributed by atoms with Crippen molar-refractivity contribution >= 4 is 28.2 Å². The average Bonchev–Trinajstić information content (AvgIpc) is 3.21. The minimum atomic E-state index is -0.500. The van der Waals surface area contributed by atoms with Crippen molar-refractivity contribution in [2.45, 2.75) is 38.6 Å². The van der Waals surface area contributed by atoms with Gasteiger partial charge in [-0.1, -0.05) is 30.3 Å². The fourth-order valence-corrected chi connectivity index (χ4v) is 5.84. The largest absolute Gasteiger partial charge is 0.494 e. The van der Waals surface area contributed by atoms with Gasteiger partial charge < -0.3 is 14.9 Å². The second-order valence-electron chi connectivity index (χ2n) is 10.6. The van der Waals surface area contributed by atoms with E-state index in [4.69, 9.17) is 4.99 Å². The minimum Gasteiger partial charge on any atom is -0.494 e. The van der Waals surface area contributed by atoms with Crippen LogP contribution in [0.15, 0.2) is 53.5 Å². The summed E-state index contributed by atoms with van der Waals surface area (Å²) in [6, 6.07) is 14.1. The van der Waals surface area contributed by atoms with Crippen LogP contribution in [-0.4, -0.2) is 81.8 Å². The number of aliphatic imine (C=N–C) groups is 1. The molecule has 1 aromatic heterocycles. The number of nitro groups is 1. The summed E-state index contributed by atoms with van der Waals surface area (Å²) < 4.78 is 1.14. The number of aromatic hydroxyl groups is 1. The summed E-state index contributed by atoms with van der Waals surface area (Å²) in [7, 11) is 2.18. The third-order valence-corrected chi connectivity index (χ3v) is 7.98. The van der Waals surface area contributed by atoms with Crippen molar-refractivity contribution in [3.63, 3.8) is 0 Å². The number of benzene rings is 2. The van der Waals surface area contributed by atoms with Gasteiger partial charge in [-0.3, -0.25) is 19.9 Å². The van der Waals surface area contributed by atoms with Crippen LogP contribution >= 0.6 is 0 Å². The van der Waals surface area contributed by atoms with Crippen molar-refractivity contribution < 1.29 is 14.8 Å². The number of fused-ring (bicyclic) bond motifs is 1. The molecule has 1 aliphatic carbocycles. The minimum absolute atomic E-state index is 0.0992. The molecule has 2 heterocycles. The summed E-state index contributed by atoms with van der Waals surface area (Å²) in [6.07, 6.45) is 4.14. The summed E-state index contributed by atoms with van der Waals surface area (Å²) in [5.74, 6) is 0.00837. The fourth-order valence-electron chi connectivity index (χ4n) is 5.84. The van der Waals surface area contributed by atoms with E-state index >= 15 is 0 Å². The van der Waals surface area contributed by atoms with E-state index in [0.29, 0.717) is 28.1 Å². The molecule has 0 unspecified atom stereocenters. The standard InChI is InChI=1S/C29H35N5O4/c1-20(35)33-26-18-24(34(37)38)12-13-25(26)27(29(33)36)28(22-6-4-3-5-7-22)30-23-10-8-21(9-11-23)19-32-16-14-31(2)15-17-32/h3-7,12-13,18,21,23,36H,8-11,14-17,19H2,1-2H3. The molecule has 38 heavy (non-hydrogen) atoms. The molecule has 200 valence electrons. The van der Waals surface area contributed by atoms with E-state index in [-0.39, 0.29) is 17.6 Å². The zero-order valence-electron chi connectivity index (χ0n) is 22.0. The molecule has 0 amide bonds. The molecule has 2 aliphatic rings. The van der Waals surface area contributed by atoms with E-state index < -0.39 is 10.8 Å². The van der Waals surface area contributed by atoms with Crippen molar-refractivity contribution in [1.82, 2.24) is 14.4 Å². The lowest BCUT2D eigenvalue weighted by Crippen LogP contribution is -2.46. The van der Waals surface area contributed by atoms with Gasteiger partial charge >= 0.3 is 0 Å². The molecular formula is C29H35N5O4. The Morgan fingerprint density at radius 2 is 1.74 bits per heavy atom. The normalized spacial score (nSPS) is 21.6. The smallest absolute Gasteiger partial charge is 0.271 e. The number of nitrogens with zero attached hydrogens (tertiary/aromatic N) is 5. The van der Waals surface area contributed by atoms with Gasteiger partial charge in [0.25, 0.3) is 5.69 Å². The highest BCUT2D eigenvalue weighted by Gasteiger charge is 2.28. The second kappa shape index (κ2) is 11.0. The summed E-state index contributed by atoms with van der Waals surface area (Å²) in [4.78, 5) is 33.6. The van der Waals surface area contributed by atoms with Gasteiger partial charge in [0.15, 0.2) is 0 Å². The zero-order valence-corrected chi connectivity index (χ0v) is 22.0. The van der Waals surface area contributed by atoms with Crippen LogP contribution in [0.2, 0.25) is 0 Å². The molecule has 0 atom stereocenters. The molecule has 9 nitrogen and oxygen atoms in total. The van der Waals surface area contributed by atoms with E-state index in [1.165, 1.54) is 19.1 Å². The number of nitro benzene ring substituents is 1. The third-order valence-electron chi connectivity index (χ3n) is 7.98. The molecule has 2 aromatic carbocycles. The van der Waals surface area contributed by atoms with Gasteiger partial charge in [0.05, 0.1) is 27.8 Å². The summed E-state index contributed by atoms with van der Waals surface area (Å²) in [5.41, 5.74) is 2.06. The Kier molecular flexibility index (Phi) is 7.58. The molecule has 1 saturated carbocycles. The van der Waals surface area contributed by atoms with E-state index in [1.54, 1.807) is 6.07 Å². The first-order valence-electron chi connectivity index (χ1n) is 13.4. The first kappa shape index (κ1) is 26.1. The lowest BCUT2D eigenvalue weighted by atomic mass is 9.85. The highest BCUT2D eigenvalue weighted by atomic mass is 16.6. The second-order valence-corrected chi connectivity index (χ2v) is 10.6. The summed E-state index contributed by atoms with van der Waals surface area (Å²) in [6.45, 7) is 6.99. The number of hydrogen-bond acceptors (Lipinski definition) is 7. The molecule has 5 rings (SSSR count). The maximum atomic E-state index is 12.5. The Hall–Kier alpha value is -3.56. The molecule has 1 aliphatic heterocycles. The maximum absolute atomic E-state index is 12.5. The Morgan fingerprint density at radius 1 is 1.05 bits per heavy atom. The van der Waals surface area contributed by atoms with Crippen LogP contribution in [0.3, 0.4) is 0 Å². The van der Waals surface area contributed by atoms with Gasteiger partial charge in [-0.2, -0.15) is 0 Å². The monoisotopic (exact) mass is 517 g/mol. The predicted octanol–water partition coefficient (Wildman–Crippen LogP) is 4.56. The molecule has 0 radical (unpaired) electrons. The number of hydrogen-bond donors (Lipinski definition) is 1. The van der Waals surface area contributed by atoms with Crippen LogP contribution in [0.1, 0.15) is 48.5 Å². The van der Waals surface area contributed by atoms with Gasteiger partial charge in [0.2, 0.25) is 11.8 Å². The summed E-state index contributed by atoms with van der Waals surface area (Å²) >= 11 is 0. The topological polar surface area (TPSA) is 104 Å². The lowest BCUT2D eigenvalue weighted by Gasteiger charge is -2.36. The summed E-state index contributed by atoms with van der Waals surface area (Å²) in [5, 5.41) is 23.3. The average molecular weight is 518 g/mol. The first-order valence-corrected chi connectivity index (χ1v) is 13.4. The van der Waals surface area contributed by atoms with Gasteiger partial charge in [-0.05, 0) is 44.7 Å². The number of non-ortho nitro benzene ring substituents is 1. The van der Waals surface area contributed by atoms with Crippen LogP contribution < -0.4 is 0 Å². The molecule has 1 N–H and O–H groups in total. The predicted molar refractivity (Wildman–Crippen MR) is 148 cm³/mol. The number of piperazine rings is 1. The van der Waals surface area contributed by atoms with Crippen LogP contribution in [0.25, 0.3) is 10.9 Å². The number of rotatable bonds is 6. The van der Waals surface area contributed by atoms with Gasteiger partial charge in [0.1, 0.15) is 0 Å². The van der Waals surface area contributed by atoms with Crippen molar-refractivity contribution in [2.24, 2.45) is 10.9 Å². The highest BCUT2D eigenvalue weighted by Crippen LogP contribution is 2.37. The Morgan fingerprint density at radius 3 is 2.37 bits per heavy atom. The van der Waals surface area contributed by atoms with Crippen molar-refractivity contribution in [3.05, 3.63) is 69.8 Å². The van der Waals surface area contributed by atoms with E-state index in [0.717, 1.165) is 68.5 Å². The van der Waals surface area contributed by atoms with Crippen LogP contribution in [0, 0.1) is 16.0 Å².